The second-order valence-corrected chi connectivity index (χ2v) is 6.67. The molecule has 3 rings (SSSR count). The van der Waals surface area contributed by atoms with Crippen molar-refractivity contribution in [1.82, 2.24) is 10.3 Å². The fourth-order valence-electron chi connectivity index (χ4n) is 2.75. The van der Waals surface area contributed by atoms with Crippen molar-refractivity contribution >= 4 is 11.6 Å². The van der Waals surface area contributed by atoms with Crippen molar-refractivity contribution in [3.8, 4) is 11.5 Å². The van der Waals surface area contributed by atoms with Gasteiger partial charge in [0.15, 0.2) is 11.5 Å². The average Bonchev–Trinajstić information content (AvgIpc) is 2.72. The standard InChI is InChI=1S/C22H22ClFN2O2.ClH/c1-27-21-12-16(13-25-11-10-18-4-2-3-5-19(18)24)6-8-20(21)28-15-17-7-9-22(23)26-14-17;/h2-9,12,14,25H,10-11,13,15H2,1H3;1H/p-1. The van der Waals surface area contributed by atoms with E-state index in [-0.39, 0.29) is 18.2 Å². The third-order valence-corrected chi connectivity index (χ3v) is 4.49. The van der Waals surface area contributed by atoms with Gasteiger partial charge in [0, 0.05) is 18.3 Å². The zero-order valence-electron chi connectivity index (χ0n) is 16.0. The maximum atomic E-state index is 13.6. The Morgan fingerprint density at radius 1 is 1.03 bits per heavy atom. The molecule has 1 heterocycles. The average molecular weight is 436 g/mol. The maximum absolute atomic E-state index is 13.6. The van der Waals surface area contributed by atoms with E-state index in [4.69, 9.17) is 21.1 Å². The minimum Gasteiger partial charge on any atom is -1.00 e. The van der Waals surface area contributed by atoms with Crippen LogP contribution in [0.3, 0.4) is 0 Å². The highest BCUT2D eigenvalue weighted by Gasteiger charge is 2.07. The summed E-state index contributed by atoms with van der Waals surface area (Å²) >= 11 is 5.79. The molecule has 4 nitrogen and oxygen atoms in total. The Kier molecular flexibility index (Phi) is 9.19. The largest absolute Gasteiger partial charge is 1.00 e. The molecule has 0 aliphatic rings. The van der Waals surface area contributed by atoms with E-state index < -0.39 is 0 Å². The van der Waals surface area contributed by atoms with Gasteiger partial charge in [0.2, 0.25) is 0 Å². The van der Waals surface area contributed by atoms with Gasteiger partial charge in [0.1, 0.15) is 17.6 Å². The predicted molar refractivity (Wildman–Crippen MR) is 108 cm³/mol. The van der Waals surface area contributed by atoms with Gasteiger partial charge in [-0.1, -0.05) is 41.9 Å². The Bertz CT molecular complexity index is 908. The fraction of sp³-hybridized carbons (Fsp3) is 0.227. The number of aromatic nitrogens is 1. The number of nitrogens with one attached hydrogen (secondary N) is 1. The Labute approximate surface area is 181 Å². The van der Waals surface area contributed by atoms with Gasteiger partial charge in [-0.15, -0.1) is 0 Å². The number of pyridine rings is 1. The summed E-state index contributed by atoms with van der Waals surface area (Å²) in [6, 6.07) is 16.2. The molecule has 0 saturated heterocycles. The smallest absolute Gasteiger partial charge is 0.161 e. The third kappa shape index (κ3) is 6.89. The van der Waals surface area contributed by atoms with E-state index in [0.29, 0.717) is 48.3 Å². The molecule has 1 N–H and O–H groups in total. The van der Waals surface area contributed by atoms with Gasteiger partial charge in [0.05, 0.1) is 7.11 Å². The number of nitrogens with zero attached hydrogens (tertiary/aromatic N) is 1. The molecule has 0 radical (unpaired) electrons. The number of hydrogen-bond acceptors (Lipinski definition) is 4. The van der Waals surface area contributed by atoms with Crippen molar-refractivity contribution in [2.75, 3.05) is 13.7 Å². The quantitative estimate of drug-likeness (QED) is 0.411. The molecule has 0 aliphatic heterocycles. The van der Waals surface area contributed by atoms with Gasteiger partial charge in [-0.05, 0) is 48.4 Å². The molecule has 0 spiro atoms. The van der Waals surface area contributed by atoms with Gasteiger partial charge >= 0.3 is 0 Å². The molecule has 154 valence electrons. The van der Waals surface area contributed by atoms with Crippen LogP contribution in [0, 0.1) is 5.82 Å². The maximum Gasteiger partial charge on any atom is 0.161 e. The van der Waals surface area contributed by atoms with Crippen molar-refractivity contribution in [2.45, 2.75) is 19.6 Å². The highest BCUT2D eigenvalue weighted by Crippen LogP contribution is 2.29. The Morgan fingerprint density at radius 3 is 2.55 bits per heavy atom. The molecular weight excluding hydrogens is 414 g/mol. The summed E-state index contributed by atoms with van der Waals surface area (Å²) in [7, 11) is 1.61. The summed E-state index contributed by atoms with van der Waals surface area (Å²) in [5.74, 6) is 1.16. The van der Waals surface area contributed by atoms with Gasteiger partial charge in [-0.3, -0.25) is 0 Å². The van der Waals surface area contributed by atoms with E-state index >= 15 is 0 Å². The number of methoxy groups -OCH3 is 1. The van der Waals surface area contributed by atoms with Crippen LogP contribution in [-0.4, -0.2) is 18.6 Å². The predicted octanol–water partition coefficient (Wildman–Crippen LogP) is 1.80. The number of benzene rings is 2. The third-order valence-electron chi connectivity index (χ3n) is 4.27. The summed E-state index contributed by atoms with van der Waals surface area (Å²) in [6.45, 7) is 1.72. The first-order valence-corrected chi connectivity index (χ1v) is 9.38. The molecule has 0 saturated carbocycles. The van der Waals surface area contributed by atoms with Gasteiger partial charge in [-0.2, -0.15) is 0 Å². The molecule has 0 atom stereocenters. The topological polar surface area (TPSA) is 43.4 Å². The highest BCUT2D eigenvalue weighted by molar-refractivity contribution is 6.29. The van der Waals surface area contributed by atoms with Crippen molar-refractivity contribution < 1.29 is 26.3 Å². The molecule has 2 aromatic carbocycles. The highest BCUT2D eigenvalue weighted by atomic mass is 35.5. The van der Waals surface area contributed by atoms with Crippen LogP contribution in [0.15, 0.2) is 60.8 Å². The molecule has 3 aromatic rings. The molecule has 7 heteroatoms. The lowest BCUT2D eigenvalue weighted by Gasteiger charge is -2.13. The summed E-state index contributed by atoms with van der Waals surface area (Å²) in [5.41, 5.74) is 2.70. The summed E-state index contributed by atoms with van der Waals surface area (Å²) < 4.78 is 24.9. The first-order valence-electron chi connectivity index (χ1n) is 9.00. The Hall–Kier alpha value is -2.34. The van der Waals surface area contributed by atoms with Crippen LogP contribution in [0.1, 0.15) is 16.7 Å². The van der Waals surface area contributed by atoms with Crippen LogP contribution in [0.5, 0.6) is 11.5 Å². The molecule has 29 heavy (non-hydrogen) atoms. The van der Waals surface area contributed by atoms with Crippen LogP contribution >= 0.6 is 11.6 Å². The van der Waals surface area contributed by atoms with E-state index in [1.165, 1.54) is 6.07 Å². The first-order chi connectivity index (χ1) is 13.7. The van der Waals surface area contributed by atoms with Gasteiger partial charge in [0.25, 0.3) is 0 Å². The van der Waals surface area contributed by atoms with E-state index in [1.54, 1.807) is 25.4 Å². The number of hydrogen-bond donors (Lipinski definition) is 1. The van der Waals surface area contributed by atoms with Gasteiger partial charge in [-0.25, -0.2) is 9.37 Å². The minimum atomic E-state index is -0.164. The van der Waals surface area contributed by atoms with E-state index in [2.05, 4.69) is 10.3 Å². The SMILES string of the molecule is COc1cc(CNCCc2ccccc2F)ccc1OCc1ccc(Cl)nc1.[Cl-]. The van der Waals surface area contributed by atoms with E-state index in [1.807, 2.05) is 36.4 Å². The molecule has 0 amide bonds. The Morgan fingerprint density at radius 2 is 1.83 bits per heavy atom. The van der Waals surface area contributed by atoms with Crippen LogP contribution in [0.2, 0.25) is 5.15 Å². The van der Waals surface area contributed by atoms with Crippen molar-refractivity contribution in [3.63, 3.8) is 0 Å². The van der Waals surface area contributed by atoms with E-state index in [9.17, 15) is 4.39 Å². The first kappa shape index (κ1) is 22.9. The lowest BCUT2D eigenvalue weighted by atomic mass is 10.1. The monoisotopic (exact) mass is 435 g/mol. The number of ether oxygens (including phenoxy) is 2. The second kappa shape index (κ2) is 11.6. The normalized spacial score (nSPS) is 10.3. The van der Waals surface area contributed by atoms with Crippen molar-refractivity contribution in [2.24, 2.45) is 0 Å². The minimum absolute atomic E-state index is 0. The van der Waals surface area contributed by atoms with Crippen molar-refractivity contribution in [3.05, 3.63) is 88.5 Å². The molecule has 0 unspecified atom stereocenters. The van der Waals surface area contributed by atoms with Crippen LogP contribution < -0.4 is 27.2 Å². The molecular formula is C22H22Cl2FN2O2-. The van der Waals surface area contributed by atoms with Gasteiger partial charge < -0.3 is 27.2 Å². The lowest BCUT2D eigenvalue weighted by Crippen LogP contribution is -3.00. The summed E-state index contributed by atoms with van der Waals surface area (Å²) in [5, 5.41) is 3.78. The van der Waals surface area contributed by atoms with Crippen molar-refractivity contribution in [1.29, 1.82) is 0 Å². The zero-order valence-corrected chi connectivity index (χ0v) is 17.5. The van der Waals surface area contributed by atoms with Crippen LogP contribution in [-0.2, 0) is 19.6 Å². The molecule has 0 fully saturated rings. The van der Waals surface area contributed by atoms with E-state index in [0.717, 1.165) is 11.1 Å². The Balaban J connectivity index is 0.00000300. The molecule has 0 bridgehead atoms. The van der Waals surface area contributed by atoms with Crippen LogP contribution in [0.4, 0.5) is 4.39 Å². The second-order valence-electron chi connectivity index (χ2n) is 6.28. The lowest BCUT2D eigenvalue weighted by molar-refractivity contribution is -0.00000680. The summed E-state index contributed by atoms with van der Waals surface area (Å²) in [4.78, 5) is 4.04. The number of rotatable bonds is 9. The molecule has 0 aliphatic carbocycles. The zero-order chi connectivity index (χ0) is 19.8. The fourth-order valence-corrected chi connectivity index (χ4v) is 2.86. The summed E-state index contributed by atoms with van der Waals surface area (Å²) in [6.07, 6.45) is 2.32. The number of halogens is 3. The van der Waals surface area contributed by atoms with Crippen LogP contribution in [0.25, 0.3) is 0 Å². The molecule has 1 aromatic heterocycles.